The van der Waals surface area contributed by atoms with Gasteiger partial charge in [-0.05, 0) is 31.9 Å². The summed E-state index contributed by atoms with van der Waals surface area (Å²) in [7, 11) is 0. The maximum absolute atomic E-state index is 4.75. The average molecular weight is 285 g/mol. The molecule has 0 bridgehead atoms. The molecule has 3 nitrogen and oxygen atoms in total. The van der Waals surface area contributed by atoms with Gasteiger partial charge < -0.3 is 5.32 Å². The smallest absolute Gasteiger partial charge is 0.0841 e. The number of hydrogen-bond acceptors (Lipinski definition) is 2. The molecule has 1 fully saturated rings. The minimum atomic E-state index is 0.889. The van der Waals surface area contributed by atoms with E-state index in [1.54, 1.807) is 0 Å². The van der Waals surface area contributed by atoms with E-state index >= 15 is 0 Å². The Hall–Kier alpha value is -1.35. The van der Waals surface area contributed by atoms with Crippen molar-refractivity contribution in [1.82, 2.24) is 15.1 Å². The Morgan fingerprint density at radius 1 is 1.19 bits per heavy atom. The van der Waals surface area contributed by atoms with E-state index < -0.39 is 0 Å². The molecule has 0 radical (unpaired) electrons. The maximum atomic E-state index is 4.75. The van der Waals surface area contributed by atoms with E-state index in [4.69, 9.17) is 5.10 Å². The molecule has 1 saturated carbocycles. The van der Waals surface area contributed by atoms with Crippen LogP contribution in [0.3, 0.4) is 0 Å². The van der Waals surface area contributed by atoms with E-state index in [2.05, 4.69) is 41.2 Å². The summed E-state index contributed by atoms with van der Waals surface area (Å²) in [5.74, 6) is 0.955. The molecule has 1 aliphatic rings. The van der Waals surface area contributed by atoms with Gasteiger partial charge in [0, 0.05) is 18.5 Å². The third-order valence-electron chi connectivity index (χ3n) is 4.78. The molecule has 1 aliphatic carbocycles. The van der Waals surface area contributed by atoms with Crippen LogP contribution in [0.4, 0.5) is 0 Å². The highest BCUT2D eigenvalue weighted by Crippen LogP contribution is 2.25. The minimum absolute atomic E-state index is 0.889. The summed E-state index contributed by atoms with van der Waals surface area (Å²) in [6.45, 7) is 5.10. The van der Waals surface area contributed by atoms with Gasteiger partial charge in [0.05, 0.1) is 11.2 Å². The zero-order valence-corrected chi connectivity index (χ0v) is 13.1. The second kappa shape index (κ2) is 7.08. The lowest BCUT2D eigenvalue weighted by Gasteiger charge is -2.21. The summed E-state index contributed by atoms with van der Waals surface area (Å²) in [6, 6.07) is 8.55. The maximum Gasteiger partial charge on any atom is 0.0841 e. The molecule has 2 aromatic rings. The number of nitrogens with zero attached hydrogens (tertiary/aromatic N) is 2. The number of fused-ring (bicyclic) bond motifs is 1. The van der Waals surface area contributed by atoms with Crippen molar-refractivity contribution in [1.29, 1.82) is 0 Å². The monoisotopic (exact) mass is 285 g/mol. The second-order valence-electron chi connectivity index (χ2n) is 6.25. The third kappa shape index (κ3) is 3.46. The van der Waals surface area contributed by atoms with E-state index in [9.17, 15) is 0 Å². The summed E-state index contributed by atoms with van der Waals surface area (Å²) >= 11 is 0. The summed E-state index contributed by atoms with van der Waals surface area (Å²) in [5.41, 5.74) is 2.44. The van der Waals surface area contributed by atoms with Crippen LogP contribution in [-0.2, 0) is 13.1 Å². The van der Waals surface area contributed by atoms with Crippen molar-refractivity contribution in [3.63, 3.8) is 0 Å². The molecular weight excluding hydrogens is 258 g/mol. The number of benzene rings is 1. The van der Waals surface area contributed by atoms with Crippen LogP contribution in [-0.4, -0.2) is 16.3 Å². The van der Waals surface area contributed by atoms with Gasteiger partial charge >= 0.3 is 0 Å². The van der Waals surface area contributed by atoms with Crippen LogP contribution >= 0.6 is 0 Å². The molecule has 1 heterocycles. The van der Waals surface area contributed by atoms with Crippen molar-refractivity contribution in [2.75, 3.05) is 6.54 Å². The first-order valence-electron chi connectivity index (χ1n) is 8.53. The van der Waals surface area contributed by atoms with Gasteiger partial charge in [-0.25, -0.2) is 0 Å². The fourth-order valence-corrected chi connectivity index (χ4v) is 3.56. The normalized spacial score (nSPS) is 16.6. The Morgan fingerprint density at radius 3 is 2.81 bits per heavy atom. The Morgan fingerprint density at radius 2 is 2.00 bits per heavy atom. The topological polar surface area (TPSA) is 29.9 Å². The van der Waals surface area contributed by atoms with E-state index in [0.29, 0.717) is 0 Å². The predicted molar refractivity (Wildman–Crippen MR) is 88.3 cm³/mol. The van der Waals surface area contributed by atoms with Gasteiger partial charge in [-0.2, -0.15) is 5.10 Å². The fourth-order valence-electron chi connectivity index (χ4n) is 3.56. The standard InChI is InChI=1S/C18H27N3/c1-2-21-18-11-7-6-10-16(18)17(20-21)14-19-13-12-15-8-4-3-5-9-15/h6-7,10-11,15,19H,2-5,8-9,12-14H2,1H3. The van der Waals surface area contributed by atoms with Gasteiger partial charge in [-0.1, -0.05) is 50.3 Å². The first kappa shape index (κ1) is 14.6. The second-order valence-corrected chi connectivity index (χ2v) is 6.25. The van der Waals surface area contributed by atoms with Gasteiger partial charge in [-0.15, -0.1) is 0 Å². The van der Waals surface area contributed by atoms with Crippen molar-refractivity contribution in [2.24, 2.45) is 5.92 Å². The number of aromatic nitrogens is 2. The van der Waals surface area contributed by atoms with Gasteiger partial charge in [0.15, 0.2) is 0 Å². The SMILES string of the molecule is CCn1nc(CNCCC2CCCCC2)c2ccccc21. The molecule has 1 aromatic heterocycles. The van der Waals surface area contributed by atoms with Gasteiger partial charge in [0.25, 0.3) is 0 Å². The van der Waals surface area contributed by atoms with E-state index in [-0.39, 0.29) is 0 Å². The van der Waals surface area contributed by atoms with Crippen LogP contribution in [0.25, 0.3) is 10.9 Å². The zero-order chi connectivity index (χ0) is 14.5. The number of para-hydroxylation sites is 1. The van der Waals surface area contributed by atoms with Crippen LogP contribution in [0.15, 0.2) is 24.3 Å². The molecule has 1 aromatic carbocycles. The number of nitrogens with one attached hydrogen (secondary N) is 1. The van der Waals surface area contributed by atoms with E-state index in [0.717, 1.165) is 25.6 Å². The molecule has 114 valence electrons. The number of aryl methyl sites for hydroxylation is 1. The highest BCUT2D eigenvalue weighted by atomic mass is 15.3. The highest BCUT2D eigenvalue weighted by Gasteiger charge is 2.13. The first-order chi connectivity index (χ1) is 10.4. The molecular formula is C18H27N3. The fraction of sp³-hybridized carbons (Fsp3) is 0.611. The van der Waals surface area contributed by atoms with Gasteiger partial charge in [0.1, 0.15) is 0 Å². The molecule has 1 N–H and O–H groups in total. The Kier molecular flexibility index (Phi) is 4.91. The molecule has 0 unspecified atom stereocenters. The largest absolute Gasteiger partial charge is 0.311 e. The molecule has 21 heavy (non-hydrogen) atoms. The lowest BCUT2D eigenvalue weighted by molar-refractivity contribution is 0.333. The number of rotatable bonds is 6. The minimum Gasteiger partial charge on any atom is -0.311 e. The van der Waals surface area contributed by atoms with E-state index in [1.165, 1.54) is 55.1 Å². The summed E-state index contributed by atoms with van der Waals surface area (Å²) in [6.07, 6.45) is 8.54. The lowest BCUT2D eigenvalue weighted by atomic mass is 9.87. The molecule has 0 aliphatic heterocycles. The summed E-state index contributed by atoms with van der Waals surface area (Å²) in [5, 5.41) is 9.64. The summed E-state index contributed by atoms with van der Waals surface area (Å²) < 4.78 is 2.10. The van der Waals surface area contributed by atoms with Crippen molar-refractivity contribution in [3.8, 4) is 0 Å². The first-order valence-corrected chi connectivity index (χ1v) is 8.53. The van der Waals surface area contributed by atoms with E-state index in [1.807, 2.05) is 0 Å². The van der Waals surface area contributed by atoms with Gasteiger partial charge in [0.2, 0.25) is 0 Å². The van der Waals surface area contributed by atoms with Crippen molar-refractivity contribution >= 4 is 10.9 Å². The van der Waals surface area contributed by atoms with Crippen LogP contribution < -0.4 is 5.32 Å². The zero-order valence-electron chi connectivity index (χ0n) is 13.1. The lowest BCUT2D eigenvalue weighted by Crippen LogP contribution is -2.19. The highest BCUT2D eigenvalue weighted by molar-refractivity contribution is 5.81. The molecule has 0 atom stereocenters. The Balaban J connectivity index is 1.55. The average Bonchev–Trinajstić information content (AvgIpc) is 2.91. The molecule has 0 spiro atoms. The molecule has 0 saturated heterocycles. The van der Waals surface area contributed by atoms with Crippen LogP contribution in [0.1, 0.15) is 51.1 Å². The van der Waals surface area contributed by atoms with Crippen molar-refractivity contribution in [3.05, 3.63) is 30.0 Å². The molecule has 0 amide bonds. The molecule has 3 heteroatoms. The third-order valence-corrected chi connectivity index (χ3v) is 4.78. The Bertz CT molecular complexity index is 567. The van der Waals surface area contributed by atoms with Crippen LogP contribution in [0, 0.1) is 5.92 Å². The van der Waals surface area contributed by atoms with Crippen LogP contribution in [0.5, 0.6) is 0 Å². The Labute approximate surface area is 127 Å². The molecule has 3 rings (SSSR count). The quantitative estimate of drug-likeness (QED) is 0.809. The van der Waals surface area contributed by atoms with Crippen LogP contribution in [0.2, 0.25) is 0 Å². The number of hydrogen-bond donors (Lipinski definition) is 1. The summed E-state index contributed by atoms with van der Waals surface area (Å²) in [4.78, 5) is 0. The predicted octanol–water partition coefficient (Wildman–Crippen LogP) is 4.12. The van der Waals surface area contributed by atoms with Gasteiger partial charge in [-0.3, -0.25) is 4.68 Å². The van der Waals surface area contributed by atoms with Crippen molar-refractivity contribution < 1.29 is 0 Å². The van der Waals surface area contributed by atoms with Crippen molar-refractivity contribution in [2.45, 2.75) is 58.5 Å².